The van der Waals surface area contributed by atoms with Crippen molar-refractivity contribution in [3.63, 3.8) is 0 Å². The number of rotatable bonds is 6. The van der Waals surface area contributed by atoms with Gasteiger partial charge < -0.3 is 20.9 Å². The second kappa shape index (κ2) is 6.35. The molecule has 0 aromatic heterocycles. The van der Waals surface area contributed by atoms with Crippen molar-refractivity contribution in [2.24, 2.45) is 0 Å². The van der Waals surface area contributed by atoms with Gasteiger partial charge in [-0.05, 0) is 31.0 Å². The normalized spacial score (nSPS) is 12.4. The van der Waals surface area contributed by atoms with Crippen molar-refractivity contribution < 1.29 is 9.84 Å². The van der Waals surface area contributed by atoms with Gasteiger partial charge in [-0.2, -0.15) is 0 Å². The van der Waals surface area contributed by atoms with E-state index in [2.05, 4.69) is 5.32 Å². The van der Waals surface area contributed by atoms with Crippen molar-refractivity contribution in [3.8, 4) is 0 Å². The molecule has 1 atom stereocenters. The van der Waals surface area contributed by atoms with E-state index >= 15 is 0 Å². The molecule has 0 aliphatic rings. The molecule has 4 heteroatoms. The van der Waals surface area contributed by atoms with Crippen LogP contribution in [0.25, 0.3) is 0 Å². The first-order chi connectivity index (χ1) is 7.65. The zero-order valence-electron chi connectivity index (χ0n) is 9.86. The molecule has 0 amide bonds. The van der Waals surface area contributed by atoms with Gasteiger partial charge in [0.2, 0.25) is 0 Å². The Labute approximate surface area is 96.4 Å². The summed E-state index contributed by atoms with van der Waals surface area (Å²) in [7, 11) is 1.58. The number of hydrogen-bond donors (Lipinski definition) is 3. The van der Waals surface area contributed by atoms with Crippen molar-refractivity contribution in [3.05, 3.63) is 23.8 Å². The third-order valence-corrected chi connectivity index (χ3v) is 2.53. The van der Waals surface area contributed by atoms with E-state index in [1.165, 1.54) is 0 Å². The van der Waals surface area contributed by atoms with Crippen LogP contribution in [-0.2, 0) is 4.74 Å². The molecule has 16 heavy (non-hydrogen) atoms. The summed E-state index contributed by atoms with van der Waals surface area (Å²) < 4.78 is 4.85. The van der Waals surface area contributed by atoms with Crippen LogP contribution in [0.15, 0.2) is 18.2 Å². The van der Waals surface area contributed by atoms with Gasteiger partial charge in [0.25, 0.3) is 0 Å². The zero-order valence-corrected chi connectivity index (χ0v) is 9.86. The quantitative estimate of drug-likeness (QED) is 0.639. The number of hydrogen-bond acceptors (Lipinski definition) is 4. The Morgan fingerprint density at radius 2 is 2.25 bits per heavy atom. The van der Waals surface area contributed by atoms with Crippen LogP contribution < -0.4 is 11.1 Å². The highest BCUT2D eigenvalue weighted by molar-refractivity contribution is 5.62. The molecular weight excluding hydrogens is 204 g/mol. The summed E-state index contributed by atoms with van der Waals surface area (Å²) in [5.74, 6) is 0. The Balaban J connectivity index is 2.40. The highest BCUT2D eigenvalue weighted by Crippen LogP contribution is 2.20. The number of nitrogen functional groups attached to an aromatic ring is 1. The highest BCUT2D eigenvalue weighted by atomic mass is 16.5. The third kappa shape index (κ3) is 3.72. The third-order valence-electron chi connectivity index (χ3n) is 2.53. The number of aliphatic hydroxyl groups excluding tert-OH is 1. The van der Waals surface area contributed by atoms with Crippen molar-refractivity contribution in [2.45, 2.75) is 19.4 Å². The van der Waals surface area contributed by atoms with Gasteiger partial charge in [-0.3, -0.25) is 0 Å². The summed E-state index contributed by atoms with van der Waals surface area (Å²) in [6, 6.07) is 5.77. The summed E-state index contributed by atoms with van der Waals surface area (Å²) in [4.78, 5) is 0. The van der Waals surface area contributed by atoms with Crippen molar-refractivity contribution in [2.75, 3.05) is 31.3 Å². The van der Waals surface area contributed by atoms with E-state index in [0.717, 1.165) is 16.9 Å². The Kier molecular flexibility index (Phi) is 5.08. The van der Waals surface area contributed by atoms with Crippen LogP contribution in [0.1, 0.15) is 12.0 Å². The van der Waals surface area contributed by atoms with Gasteiger partial charge in [0.15, 0.2) is 0 Å². The lowest BCUT2D eigenvalue weighted by Gasteiger charge is -2.13. The van der Waals surface area contributed by atoms with Crippen LogP contribution in [0.3, 0.4) is 0 Å². The largest absolute Gasteiger partial charge is 0.398 e. The second-order valence-electron chi connectivity index (χ2n) is 3.84. The first kappa shape index (κ1) is 12.8. The Morgan fingerprint density at radius 1 is 1.50 bits per heavy atom. The number of aliphatic hydroxyl groups is 1. The molecule has 0 spiro atoms. The van der Waals surface area contributed by atoms with Gasteiger partial charge >= 0.3 is 0 Å². The smallest absolute Gasteiger partial charge is 0.0790 e. The number of benzene rings is 1. The minimum absolute atomic E-state index is 0.373. The Morgan fingerprint density at radius 3 is 2.94 bits per heavy atom. The van der Waals surface area contributed by atoms with Crippen molar-refractivity contribution >= 4 is 11.4 Å². The van der Waals surface area contributed by atoms with Crippen LogP contribution in [0.2, 0.25) is 0 Å². The number of anilines is 2. The monoisotopic (exact) mass is 224 g/mol. The van der Waals surface area contributed by atoms with Gasteiger partial charge in [-0.25, -0.2) is 0 Å². The molecule has 0 bridgehead atoms. The highest BCUT2D eigenvalue weighted by Gasteiger charge is 2.04. The predicted octanol–water partition coefficient (Wildman–Crippen LogP) is 1.39. The summed E-state index contributed by atoms with van der Waals surface area (Å²) in [5.41, 5.74) is 8.63. The Bertz CT molecular complexity index is 329. The molecule has 0 saturated heterocycles. The summed E-state index contributed by atoms with van der Waals surface area (Å²) in [6.07, 6.45) is 0.237. The number of methoxy groups -OCH3 is 1. The van der Waals surface area contributed by atoms with Crippen molar-refractivity contribution in [1.29, 1.82) is 0 Å². The molecule has 4 N–H and O–H groups in total. The lowest BCUT2D eigenvalue weighted by atomic mass is 10.1. The van der Waals surface area contributed by atoms with Gasteiger partial charge in [-0.1, -0.05) is 6.07 Å². The molecule has 0 fully saturated rings. The van der Waals surface area contributed by atoms with Crippen molar-refractivity contribution in [1.82, 2.24) is 0 Å². The SMILES string of the molecule is COCC(O)CCNc1cccc(N)c1C. The molecule has 1 rings (SSSR count). The number of nitrogens with two attached hydrogens (primary N) is 1. The molecule has 4 nitrogen and oxygen atoms in total. The zero-order chi connectivity index (χ0) is 12.0. The fourth-order valence-electron chi connectivity index (χ4n) is 1.49. The van der Waals surface area contributed by atoms with E-state index in [9.17, 15) is 5.11 Å². The molecule has 1 aromatic rings. The maximum absolute atomic E-state index is 9.46. The summed E-state index contributed by atoms with van der Waals surface area (Å²) in [6.45, 7) is 3.05. The second-order valence-corrected chi connectivity index (χ2v) is 3.84. The maximum Gasteiger partial charge on any atom is 0.0790 e. The van der Waals surface area contributed by atoms with Gasteiger partial charge in [0.05, 0.1) is 12.7 Å². The van der Waals surface area contributed by atoms with E-state index in [-0.39, 0.29) is 0 Å². The predicted molar refractivity (Wildman–Crippen MR) is 66.6 cm³/mol. The van der Waals surface area contributed by atoms with Crippen LogP contribution in [0.5, 0.6) is 0 Å². The molecule has 1 aromatic carbocycles. The topological polar surface area (TPSA) is 67.5 Å². The van der Waals surface area contributed by atoms with E-state index < -0.39 is 6.10 Å². The minimum atomic E-state index is -0.418. The lowest BCUT2D eigenvalue weighted by Crippen LogP contribution is -2.18. The summed E-state index contributed by atoms with van der Waals surface area (Å²) >= 11 is 0. The molecule has 1 unspecified atom stereocenters. The molecular formula is C12H20N2O2. The molecule has 0 radical (unpaired) electrons. The Hall–Kier alpha value is -1.26. The van der Waals surface area contributed by atoms with Gasteiger partial charge in [-0.15, -0.1) is 0 Å². The van der Waals surface area contributed by atoms with Crippen LogP contribution in [-0.4, -0.2) is 31.5 Å². The molecule has 0 saturated carbocycles. The number of nitrogens with one attached hydrogen (secondary N) is 1. The molecule has 0 heterocycles. The van der Waals surface area contributed by atoms with Crippen LogP contribution in [0, 0.1) is 6.92 Å². The maximum atomic E-state index is 9.46. The standard InChI is InChI=1S/C12H20N2O2/c1-9-11(13)4-3-5-12(9)14-7-6-10(15)8-16-2/h3-5,10,14-15H,6-8,13H2,1-2H3. The summed E-state index contributed by atoms with van der Waals surface area (Å²) in [5, 5.41) is 12.7. The first-order valence-corrected chi connectivity index (χ1v) is 5.41. The molecule has 0 aliphatic heterocycles. The van der Waals surface area contributed by atoms with E-state index in [4.69, 9.17) is 10.5 Å². The minimum Gasteiger partial charge on any atom is -0.398 e. The van der Waals surface area contributed by atoms with Gasteiger partial charge in [0.1, 0.15) is 0 Å². The van der Waals surface area contributed by atoms with E-state index in [1.807, 2.05) is 25.1 Å². The van der Waals surface area contributed by atoms with E-state index in [0.29, 0.717) is 19.6 Å². The van der Waals surface area contributed by atoms with Crippen LogP contribution in [0.4, 0.5) is 11.4 Å². The average molecular weight is 224 g/mol. The fraction of sp³-hybridized carbons (Fsp3) is 0.500. The molecule has 90 valence electrons. The van der Waals surface area contributed by atoms with Gasteiger partial charge in [0, 0.05) is 25.0 Å². The fourth-order valence-corrected chi connectivity index (χ4v) is 1.49. The average Bonchev–Trinajstić information content (AvgIpc) is 2.25. The molecule has 0 aliphatic carbocycles. The van der Waals surface area contributed by atoms with Crippen LogP contribution >= 0.6 is 0 Å². The number of ether oxygens (including phenoxy) is 1. The first-order valence-electron chi connectivity index (χ1n) is 5.41. The lowest BCUT2D eigenvalue weighted by molar-refractivity contribution is 0.0615. The van der Waals surface area contributed by atoms with E-state index in [1.54, 1.807) is 7.11 Å².